The molecular formula is C76H50N2. The predicted molar refractivity (Wildman–Crippen MR) is 335 cm³/mol. The predicted octanol–water partition coefficient (Wildman–Crippen LogP) is 21.7. The minimum atomic E-state index is 1.09. The lowest BCUT2D eigenvalue weighted by Crippen LogP contribution is -2.10. The maximum atomic E-state index is 2.47. The molecule has 0 fully saturated rings. The number of hydrogen-bond acceptors (Lipinski definition) is 2. The van der Waals surface area contributed by atoms with Crippen LogP contribution in [-0.4, -0.2) is 0 Å². The van der Waals surface area contributed by atoms with Crippen molar-refractivity contribution in [3.63, 3.8) is 0 Å². The topological polar surface area (TPSA) is 6.48 Å². The fraction of sp³-hybridized carbons (Fsp3) is 0. The first-order valence-corrected chi connectivity index (χ1v) is 26.9. The van der Waals surface area contributed by atoms with E-state index in [2.05, 4.69) is 313 Å². The third kappa shape index (κ3) is 7.81. The summed E-state index contributed by atoms with van der Waals surface area (Å²) in [5.41, 5.74) is 13.7. The molecule has 2 heteroatoms. The highest BCUT2D eigenvalue weighted by Crippen LogP contribution is 2.50. The van der Waals surface area contributed by atoms with E-state index in [0.29, 0.717) is 0 Å². The van der Waals surface area contributed by atoms with Crippen LogP contribution in [0.5, 0.6) is 0 Å². The van der Waals surface area contributed by atoms with Crippen LogP contribution in [0, 0.1) is 0 Å². The van der Waals surface area contributed by atoms with Crippen LogP contribution in [-0.2, 0) is 0 Å². The van der Waals surface area contributed by atoms with Crippen LogP contribution >= 0.6 is 0 Å². The molecule has 0 radical (unpaired) electrons. The summed E-state index contributed by atoms with van der Waals surface area (Å²) in [6, 6.07) is 112. The van der Waals surface area contributed by atoms with Gasteiger partial charge in [-0.2, -0.15) is 0 Å². The van der Waals surface area contributed by atoms with E-state index in [-0.39, 0.29) is 0 Å². The van der Waals surface area contributed by atoms with Crippen LogP contribution in [0.1, 0.15) is 0 Å². The number of fused-ring (bicyclic) bond motifs is 10. The van der Waals surface area contributed by atoms with Crippen molar-refractivity contribution in [2.24, 2.45) is 0 Å². The van der Waals surface area contributed by atoms with Gasteiger partial charge < -0.3 is 9.80 Å². The summed E-state index contributed by atoms with van der Waals surface area (Å²) in [6.45, 7) is 0. The maximum absolute atomic E-state index is 2.47. The molecule has 364 valence electrons. The summed E-state index contributed by atoms with van der Waals surface area (Å²) in [7, 11) is 0. The first kappa shape index (κ1) is 45.1. The van der Waals surface area contributed by atoms with E-state index in [0.717, 1.165) is 45.3 Å². The Hall–Kier alpha value is -10.3. The van der Waals surface area contributed by atoms with Crippen LogP contribution in [0.3, 0.4) is 0 Å². The molecular weight excluding hydrogens is 941 g/mol. The molecule has 15 aromatic rings. The second-order valence-electron chi connectivity index (χ2n) is 20.4. The van der Waals surface area contributed by atoms with Gasteiger partial charge in [0.2, 0.25) is 0 Å². The first-order chi connectivity index (χ1) is 38.7. The lowest BCUT2D eigenvalue weighted by Gasteiger charge is -2.27. The molecule has 0 amide bonds. The van der Waals surface area contributed by atoms with Gasteiger partial charge in [0.05, 0.1) is 0 Å². The minimum Gasteiger partial charge on any atom is -0.310 e. The zero-order chi connectivity index (χ0) is 51.5. The third-order valence-electron chi connectivity index (χ3n) is 15.9. The normalized spacial score (nSPS) is 11.6. The minimum absolute atomic E-state index is 1.09. The van der Waals surface area contributed by atoms with Crippen molar-refractivity contribution in [2.45, 2.75) is 0 Å². The number of benzene rings is 15. The molecule has 15 aromatic carbocycles. The Bertz CT molecular complexity index is 4630. The van der Waals surface area contributed by atoms with Crippen LogP contribution in [0.25, 0.3) is 109 Å². The molecule has 0 aliphatic carbocycles. The quantitative estimate of drug-likeness (QED) is 0.133. The lowest BCUT2D eigenvalue weighted by molar-refractivity contribution is 1.29. The van der Waals surface area contributed by atoms with Crippen LogP contribution in [0.4, 0.5) is 34.1 Å². The van der Waals surface area contributed by atoms with Crippen molar-refractivity contribution in [1.29, 1.82) is 0 Å². The average molecular weight is 991 g/mol. The molecule has 2 nitrogen and oxygen atoms in total. The molecule has 0 heterocycles. The summed E-state index contributed by atoms with van der Waals surface area (Å²) >= 11 is 0. The van der Waals surface area contributed by atoms with E-state index < -0.39 is 0 Å². The second kappa shape index (κ2) is 18.8. The van der Waals surface area contributed by atoms with Crippen molar-refractivity contribution in [2.75, 3.05) is 9.80 Å². The zero-order valence-electron chi connectivity index (χ0n) is 42.8. The fourth-order valence-corrected chi connectivity index (χ4v) is 12.2. The second-order valence-corrected chi connectivity index (χ2v) is 20.4. The fourth-order valence-electron chi connectivity index (χ4n) is 12.2. The van der Waals surface area contributed by atoms with E-state index in [1.807, 2.05) is 0 Å². The highest BCUT2D eigenvalue weighted by atomic mass is 15.1. The Morgan fingerprint density at radius 1 is 0.179 bits per heavy atom. The van der Waals surface area contributed by atoms with Crippen LogP contribution < -0.4 is 9.80 Å². The molecule has 15 rings (SSSR count). The summed E-state index contributed by atoms with van der Waals surface area (Å²) in [5, 5.41) is 17.1. The third-order valence-corrected chi connectivity index (χ3v) is 15.9. The Morgan fingerprint density at radius 3 is 0.897 bits per heavy atom. The smallest absolute Gasteiger partial charge is 0.0468 e. The van der Waals surface area contributed by atoms with E-state index in [1.54, 1.807) is 0 Å². The highest BCUT2D eigenvalue weighted by molar-refractivity contribution is 6.33. The molecule has 0 saturated heterocycles. The van der Waals surface area contributed by atoms with Crippen molar-refractivity contribution in [3.8, 4) is 33.4 Å². The maximum Gasteiger partial charge on any atom is 0.0468 e. The molecule has 0 unspecified atom stereocenters. The molecule has 0 aliphatic rings. The van der Waals surface area contributed by atoms with Gasteiger partial charge in [-0.1, -0.05) is 224 Å². The number of hydrogen-bond donors (Lipinski definition) is 0. The molecule has 0 saturated carbocycles. The van der Waals surface area contributed by atoms with E-state index in [1.165, 1.54) is 97.7 Å². The summed E-state index contributed by atoms with van der Waals surface area (Å²) in [5.74, 6) is 0. The summed E-state index contributed by atoms with van der Waals surface area (Å²) in [6.07, 6.45) is 0. The highest BCUT2D eigenvalue weighted by Gasteiger charge is 2.23. The van der Waals surface area contributed by atoms with Gasteiger partial charge in [0, 0.05) is 34.1 Å². The molecule has 0 spiro atoms. The van der Waals surface area contributed by atoms with Gasteiger partial charge in [-0.05, 0) is 188 Å². The van der Waals surface area contributed by atoms with E-state index in [4.69, 9.17) is 0 Å². The standard InChI is InChI=1S/C76H50N2/c1-2-20-55(21-3-1)72-50-73(56-34-38-62(39-35-56)77(64-42-30-51-16-4-8-22-58(51)46-64)65-43-31-52-17-5-9-23-59(52)47-65)75-70-28-14-12-26-68(70)69-27-13-15-29-71(69)76(75)74(72)57-36-40-63(41-37-57)78(66-44-32-53-18-6-10-24-60(53)48-66)67-45-33-54-19-7-11-25-61(54)49-67/h1-50H. The van der Waals surface area contributed by atoms with E-state index >= 15 is 0 Å². The Morgan fingerprint density at radius 2 is 0.487 bits per heavy atom. The first-order valence-electron chi connectivity index (χ1n) is 26.9. The number of anilines is 6. The largest absolute Gasteiger partial charge is 0.310 e. The molecule has 0 bridgehead atoms. The molecule has 0 aromatic heterocycles. The summed E-state index contributed by atoms with van der Waals surface area (Å²) in [4.78, 5) is 4.79. The van der Waals surface area contributed by atoms with Crippen molar-refractivity contribution < 1.29 is 0 Å². The van der Waals surface area contributed by atoms with Gasteiger partial charge in [0.15, 0.2) is 0 Å². The molecule has 78 heavy (non-hydrogen) atoms. The summed E-state index contributed by atoms with van der Waals surface area (Å²) < 4.78 is 0. The van der Waals surface area contributed by atoms with Crippen molar-refractivity contribution >= 4 is 110 Å². The molecule has 0 aliphatic heterocycles. The number of nitrogens with zero attached hydrogens (tertiary/aromatic N) is 2. The Labute approximate surface area is 453 Å². The van der Waals surface area contributed by atoms with Gasteiger partial charge in [-0.3, -0.25) is 0 Å². The van der Waals surface area contributed by atoms with Gasteiger partial charge >= 0.3 is 0 Å². The monoisotopic (exact) mass is 990 g/mol. The van der Waals surface area contributed by atoms with E-state index in [9.17, 15) is 0 Å². The molecule has 0 N–H and O–H groups in total. The number of rotatable bonds is 9. The average Bonchev–Trinajstić information content (AvgIpc) is 3.64. The van der Waals surface area contributed by atoms with Crippen LogP contribution in [0.15, 0.2) is 303 Å². The van der Waals surface area contributed by atoms with Gasteiger partial charge in [0.1, 0.15) is 0 Å². The lowest BCUT2D eigenvalue weighted by atomic mass is 9.81. The van der Waals surface area contributed by atoms with Crippen LogP contribution in [0.2, 0.25) is 0 Å². The molecule has 0 atom stereocenters. The SMILES string of the molecule is c1ccc(-c2cc(-c3ccc(N(c4ccc5ccccc5c4)c4ccc5ccccc5c4)cc3)c3c4ccccc4c4ccccc4c3c2-c2ccc(N(c3ccc4ccccc4c3)c3ccc4ccccc4c3)cc2)cc1. The van der Waals surface area contributed by atoms with Gasteiger partial charge in [-0.25, -0.2) is 0 Å². The van der Waals surface area contributed by atoms with Crippen molar-refractivity contribution in [3.05, 3.63) is 303 Å². The van der Waals surface area contributed by atoms with Gasteiger partial charge in [-0.15, -0.1) is 0 Å². The zero-order valence-corrected chi connectivity index (χ0v) is 42.8. The Balaban J connectivity index is 0.941. The van der Waals surface area contributed by atoms with Crippen molar-refractivity contribution in [1.82, 2.24) is 0 Å². The van der Waals surface area contributed by atoms with Gasteiger partial charge in [0.25, 0.3) is 0 Å². The Kier molecular flexibility index (Phi) is 10.9.